The number of hydrogen-bond acceptors (Lipinski definition) is 4. The molecule has 24 heavy (non-hydrogen) atoms. The molecule has 124 valence electrons. The minimum absolute atomic E-state index is 0.164. The van der Waals surface area contributed by atoms with Gasteiger partial charge in [0.1, 0.15) is 18.5 Å². The highest BCUT2D eigenvalue weighted by atomic mass is 35.5. The van der Waals surface area contributed by atoms with Gasteiger partial charge in [-0.15, -0.1) is 0 Å². The van der Waals surface area contributed by atoms with Crippen LogP contribution in [0.25, 0.3) is 10.9 Å². The van der Waals surface area contributed by atoms with Gasteiger partial charge in [0.2, 0.25) is 0 Å². The maximum absolute atomic E-state index is 10.3. The fourth-order valence-electron chi connectivity index (χ4n) is 2.59. The average Bonchev–Trinajstić information content (AvgIpc) is 2.93. The number of oxime groups is 1. The van der Waals surface area contributed by atoms with E-state index in [1.807, 2.05) is 35.0 Å². The van der Waals surface area contributed by atoms with Crippen molar-refractivity contribution < 1.29 is 15.1 Å². The molecule has 0 bridgehead atoms. The highest BCUT2D eigenvalue weighted by Crippen LogP contribution is 2.21. The number of hydrogen-bond donors (Lipinski definition) is 2. The molecule has 2 aromatic carbocycles. The van der Waals surface area contributed by atoms with Crippen molar-refractivity contribution in [1.29, 1.82) is 0 Å². The van der Waals surface area contributed by atoms with Crippen LogP contribution < -0.4 is 4.74 Å². The Labute approximate surface area is 144 Å². The number of aromatic nitrogens is 1. The lowest BCUT2D eigenvalue weighted by Gasteiger charge is -2.14. The molecule has 3 rings (SSSR count). The van der Waals surface area contributed by atoms with Crippen LogP contribution >= 0.6 is 11.6 Å². The predicted molar refractivity (Wildman–Crippen MR) is 94.3 cm³/mol. The summed E-state index contributed by atoms with van der Waals surface area (Å²) in [4.78, 5) is 0. The molecule has 0 radical (unpaired) electrons. The third-order valence-electron chi connectivity index (χ3n) is 3.68. The van der Waals surface area contributed by atoms with Crippen molar-refractivity contribution in [3.8, 4) is 5.75 Å². The Bertz CT molecular complexity index is 843. The number of rotatable bonds is 6. The molecule has 0 fully saturated rings. The molecule has 0 aliphatic rings. The molecule has 0 spiro atoms. The number of benzene rings is 2. The highest BCUT2D eigenvalue weighted by Gasteiger charge is 2.11. The van der Waals surface area contributed by atoms with Crippen molar-refractivity contribution >= 4 is 28.7 Å². The fraction of sp³-hybridized carbons (Fsp3) is 0.167. The summed E-state index contributed by atoms with van der Waals surface area (Å²) >= 11 is 5.83. The molecular formula is C18H17ClN2O3. The summed E-state index contributed by atoms with van der Waals surface area (Å²) in [5.41, 5.74) is 1.75. The molecule has 3 aromatic rings. The van der Waals surface area contributed by atoms with E-state index in [-0.39, 0.29) is 6.61 Å². The molecule has 0 aliphatic carbocycles. The molecule has 6 heteroatoms. The zero-order valence-corrected chi connectivity index (χ0v) is 13.6. The zero-order chi connectivity index (χ0) is 16.9. The van der Waals surface area contributed by atoms with E-state index in [1.54, 1.807) is 24.3 Å². The van der Waals surface area contributed by atoms with Crippen LogP contribution in [0.2, 0.25) is 5.02 Å². The van der Waals surface area contributed by atoms with Crippen molar-refractivity contribution in [3.63, 3.8) is 0 Å². The first-order valence-corrected chi connectivity index (χ1v) is 7.87. The van der Waals surface area contributed by atoms with Gasteiger partial charge in [0, 0.05) is 27.7 Å². The van der Waals surface area contributed by atoms with E-state index in [1.165, 1.54) is 6.21 Å². The molecule has 2 N–H and O–H groups in total. The summed E-state index contributed by atoms with van der Waals surface area (Å²) in [6.07, 6.45) is 2.54. The summed E-state index contributed by atoms with van der Waals surface area (Å²) in [7, 11) is 0. The zero-order valence-electron chi connectivity index (χ0n) is 12.8. The molecule has 0 amide bonds. The van der Waals surface area contributed by atoms with Gasteiger partial charge in [0.05, 0.1) is 12.8 Å². The Kier molecular flexibility index (Phi) is 5.03. The van der Waals surface area contributed by atoms with Crippen molar-refractivity contribution in [1.82, 2.24) is 4.57 Å². The van der Waals surface area contributed by atoms with Crippen molar-refractivity contribution in [3.05, 3.63) is 65.3 Å². The summed E-state index contributed by atoms with van der Waals surface area (Å²) in [6.45, 7) is 0.533. The van der Waals surface area contributed by atoms with E-state index in [0.29, 0.717) is 17.3 Å². The Hall–Kier alpha value is -2.50. The van der Waals surface area contributed by atoms with Crippen LogP contribution in [0.15, 0.2) is 59.9 Å². The van der Waals surface area contributed by atoms with E-state index in [2.05, 4.69) is 5.16 Å². The fourth-order valence-corrected chi connectivity index (χ4v) is 2.72. The first kappa shape index (κ1) is 16.4. The Morgan fingerprint density at radius 3 is 2.67 bits per heavy atom. The van der Waals surface area contributed by atoms with Crippen LogP contribution in [0.1, 0.15) is 5.56 Å². The SMILES string of the molecule is O/N=C/c1cn(CC(O)COc2ccc(Cl)cc2)c2ccccc12. The quantitative estimate of drug-likeness (QED) is 0.408. The van der Waals surface area contributed by atoms with Crippen LogP contribution in [-0.4, -0.2) is 33.8 Å². The normalized spacial score (nSPS) is 12.8. The number of aliphatic hydroxyl groups is 1. The Morgan fingerprint density at radius 1 is 1.17 bits per heavy atom. The number of nitrogens with zero attached hydrogens (tertiary/aromatic N) is 2. The average molecular weight is 345 g/mol. The van der Waals surface area contributed by atoms with Crippen molar-refractivity contribution in [2.75, 3.05) is 6.61 Å². The molecule has 1 atom stereocenters. The lowest BCUT2D eigenvalue weighted by atomic mass is 10.2. The van der Waals surface area contributed by atoms with Crippen molar-refractivity contribution in [2.24, 2.45) is 5.16 Å². The summed E-state index contributed by atoms with van der Waals surface area (Å²) in [5.74, 6) is 0.656. The molecular weight excluding hydrogens is 328 g/mol. The molecule has 1 aromatic heterocycles. The van der Waals surface area contributed by atoms with Crippen LogP contribution in [-0.2, 0) is 6.54 Å². The van der Waals surface area contributed by atoms with Gasteiger partial charge in [-0.1, -0.05) is 35.0 Å². The molecule has 0 aliphatic heterocycles. The number of halogens is 1. The predicted octanol–water partition coefficient (Wildman–Crippen LogP) is 3.54. The maximum Gasteiger partial charge on any atom is 0.119 e. The monoisotopic (exact) mass is 344 g/mol. The Morgan fingerprint density at radius 2 is 1.92 bits per heavy atom. The van der Waals surface area contributed by atoms with Crippen LogP contribution in [0.5, 0.6) is 5.75 Å². The smallest absolute Gasteiger partial charge is 0.119 e. The summed E-state index contributed by atoms with van der Waals surface area (Å²) in [5, 5.41) is 23.7. The van der Waals surface area contributed by atoms with Gasteiger partial charge in [-0.05, 0) is 30.3 Å². The number of ether oxygens (including phenoxy) is 1. The van der Waals surface area contributed by atoms with Gasteiger partial charge < -0.3 is 19.6 Å². The number of fused-ring (bicyclic) bond motifs is 1. The van der Waals surface area contributed by atoms with Crippen LogP contribution in [0.4, 0.5) is 0 Å². The van der Waals surface area contributed by atoms with Crippen molar-refractivity contribution in [2.45, 2.75) is 12.6 Å². The Balaban J connectivity index is 1.71. The first-order valence-electron chi connectivity index (χ1n) is 7.49. The molecule has 0 saturated carbocycles. The largest absolute Gasteiger partial charge is 0.491 e. The van der Waals surface area contributed by atoms with E-state index < -0.39 is 6.10 Å². The number of aliphatic hydroxyl groups excluding tert-OH is 1. The lowest BCUT2D eigenvalue weighted by molar-refractivity contribution is 0.0936. The summed E-state index contributed by atoms with van der Waals surface area (Å²) in [6, 6.07) is 14.7. The van der Waals surface area contributed by atoms with E-state index >= 15 is 0 Å². The van der Waals surface area contributed by atoms with Gasteiger partial charge in [-0.25, -0.2) is 0 Å². The second-order valence-corrected chi connectivity index (χ2v) is 5.85. The molecule has 5 nitrogen and oxygen atoms in total. The molecule has 1 heterocycles. The molecule has 1 unspecified atom stereocenters. The second kappa shape index (κ2) is 7.38. The second-order valence-electron chi connectivity index (χ2n) is 5.42. The molecule has 0 saturated heterocycles. The minimum atomic E-state index is -0.685. The standard InChI is InChI=1S/C18H17ClN2O3/c19-14-5-7-16(8-6-14)24-12-15(22)11-21-10-13(9-20-23)17-3-1-2-4-18(17)21/h1-10,15,22-23H,11-12H2/b20-9+. The van der Waals surface area contributed by atoms with E-state index in [4.69, 9.17) is 21.5 Å². The van der Waals surface area contributed by atoms with Gasteiger partial charge in [-0.3, -0.25) is 0 Å². The number of para-hydroxylation sites is 1. The van der Waals surface area contributed by atoms with Gasteiger partial charge in [-0.2, -0.15) is 0 Å². The van der Waals surface area contributed by atoms with Crippen LogP contribution in [0, 0.1) is 0 Å². The minimum Gasteiger partial charge on any atom is -0.491 e. The van der Waals surface area contributed by atoms with Gasteiger partial charge in [0.25, 0.3) is 0 Å². The van der Waals surface area contributed by atoms with Crippen LogP contribution in [0.3, 0.4) is 0 Å². The van der Waals surface area contributed by atoms with Gasteiger partial charge in [0.15, 0.2) is 0 Å². The topological polar surface area (TPSA) is 67.0 Å². The third kappa shape index (κ3) is 3.69. The maximum atomic E-state index is 10.3. The van der Waals surface area contributed by atoms with E-state index in [0.717, 1.165) is 16.5 Å². The third-order valence-corrected chi connectivity index (χ3v) is 3.93. The van der Waals surface area contributed by atoms with Gasteiger partial charge >= 0.3 is 0 Å². The first-order chi connectivity index (χ1) is 11.7. The van der Waals surface area contributed by atoms with E-state index in [9.17, 15) is 5.11 Å². The highest BCUT2D eigenvalue weighted by molar-refractivity contribution is 6.30. The lowest BCUT2D eigenvalue weighted by Crippen LogP contribution is -2.23. The summed E-state index contributed by atoms with van der Waals surface area (Å²) < 4.78 is 7.49.